The first-order valence-electron chi connectivity index (χ1n) is 8.44. The van der Waals surface area contributed by atoms with Crippen LogP contribution in [-0.4, -0.2) is 29.2 Å². The number of rotatable bonds is 6. The van der Waals surface area contributed by atoms with Gasteiger partial charge in [-0.25, -0.2) is 4.98 Å². The van der Waals surface area contributed by atoms with E-state index in [-0.39, 0.29) is 16.6 Å². The highest BCUT2D eigenvalue weighted by Gasteiger charge is 2.14. The van der Waals surface area contributed by atoms with Gasteiger partial charge in [-0.1, -0.05) is 29.3 Å². The van der Waals surface area contributed by atoms with Gasteiger partial charge >= 0.3 is 5.97 Å². The van der Waals surface area contributed by atoms with Crippen LogP contribution in [0.4, 0.5) is 5.82 Å². The molecule has 1 aromatic carbocycles. The van der Waals surface area contributed by atoms with Crippen molar-refractivity contribution in [1.82, 2.24) is 4.98 Å². The molecule has 1 aliphatic rings. The molecule has 2 aromatic rings. The van der Waals surface area contributed by atoms with Crippen molar-refractivity contribution < 1.29 is 14.3 Å². The normalized spacial score (nSPS) is 12.6. The van der Waals surface area contributed by atoms with E-state index in [9.17, 15) is 9.59 Å². The lowest BCUT2D eigenvalue weighted by Crippen LogP contribution is -2.22. The molecule has 27 heavy (non-hydrogen) atoms. The molecule has 3 rings (SSSR count). The van der Waals surface area contributed by atoms with Crippen molar-refractivity contribution in [1.29, 1.82) is 0 Å². The molecule has 0 spiro atoms. The smallest absolute Gasteiger partial charge is 0.316 e. The summed E-state index contributed by atoms with van der Waals surface area (Å²) < 4.78 is 5.02. The number of thioether (sulfide) groups is 1. The van der Waals surface area contributed by atoms with E-state index in [1.54, 1.807) is 6.92 Å². The molecule has 0 radical (unpaired) electrons. The van der Waals surface area contributed by atoms with Crippen molar-refractivity contribution >= 4 is 52.7 Å². The Morgan fingerprint density at radius 3 is 2.85 bits per heavy atom. The fourth-order valence-corrected chi connectivity index (χ4v) is 3.93. The summed E-state index contributed by atoms with van der Waals surface area (Å²) in [5, 5.41) is 3.18. The Balaban J connectivity index is 1.45. The Labute approximate surface area is 171 Å². The first kappa shape index (κ1) is 20.0. The van der Waals surface area contributed by atoms with E-state index in [4.69, 9.17) is 27.9 Å². The van der Waals surface area contributed by atoms with Crippen molar-refractivity contribution in [3.05, 3.63) is 51.1 Å². The molecule has 1 heterocycles. The van der Waals surface area contributed by atoms with Gasteiger partial charge in [0.1, 0.15) is 0 Å². The molecular weight excluding hydrogens is 407 g/mol. The topological polar surface area (TPSA) is 68.3 Å². The van der Waals surface area contributed by atoms with Gasteiger partial charge in [-0.3, -0.25) is 9.59 Å². The van der Waals surface area contributed by atoms with Crippen LogP contribution in [0.25, 0.3) is 0 Å². The Hall–Kier alpha value is -1.76. The summed E-state index contributed by atoms with van der Waals surface area (Å²) in [5.41, 5.74) is 3.37. The molecule has 142 valence electrons. The molecule has 0 atom stereocenters. The third kappa shape index (κ3) is 5.15. The summed E-state index contributed by atoms with van der Waals surface area (Å²) in [6.07, 6.45) is 4.81. The van der Waals surface area contributed by atoms with Crippen LogP contribution >= 0.6 is 35.0 Å². The van der Waals surface area contributed by atoms with E-state index in [1.165, 1.54) is 35.5 Å². The molecule has 5 nitrogen and oxygen atoms in total. The Morgan fingerprint density at radius 1 is 1.26 bits per heavy atom. The van der Waals surface area contributed by atoms with E-state index in [1.807, 2.05) is 6.07 Å². The van der Waals surface area contributed by atoms with E-state index in [0.29, 0.717) is 10.6 Å². The average Bonchev–Trinajstić information content (AvgIpc) is 3.13. The molecule has 0 saturated heterocycles. The number of carbonyl (C=O) groups is 2. The average molecular weight is 425 g/mol. The van der Waals surface area contributed by atoms with Gasteiger partial charge in [-0.2, -0.15) is 0 Å². The minimum atomic E-state index is -0.512. The zero-order chi connectivity index (χ0) is 19.4. The van der Waals surface area contributed by atoms with Crippen molar-refractivity contribution in [3.8, 4) is 0 Å². The number of pyridine rings is 1. The number of aromatic nitrogens is 1. The molecule has 0 aliphatic heterocycles. The van der Waals surface area contributed by atoms with Gasteiger partial charge in [0.2, 0.25) is 0 Å². The highest BCUT2D eigenvalue weighted by molar-refractivity contribution is 8.00. The van der Waals surface area contributed by atoms with Crippen LogP contribution in [0.15, 0.2) is 29.3 Å². The van der Waals surface area contributed by atoms with E-state index in [2.05, 4.69) is 22.4 Å². The maximum atomic E-state index is 11.9. The second kappa shape index (κ2) is 8.95. The number of aryl methyl sites for hydroxylation is 2. The quantitative estimate of drug-likeness (QED) is 0.547. The SMILES string of the molecule is Cc1c(Cl)cnc(NC(=O)COC(=O)CSc2ccc3c(c2)CCC3)c1Cl. The number of halogens is 2. The van der Waals surface area contributed by atoms with E-state index < -0.39 is 18.5 Å². The Bertz CT molecular complexity index is 889. The van der Waals surface area contributed by atoms with Gasteiger partial charge in [0, 0.05) is 11.1 Å². The van der Waals surface area contributed by atoms with E-state index >= 15 is 0 Å². The lowest BCUT2D eigenvalue weighted by molar-refractivity contribution is -0.144. The summed E-state index contributed by atoms with van der Waals surface area (Å²) in [5.74, 6) is -0.637. The molecule has 0 bridgehead atoms. The molecule has 8 heteroatoms. The Morgan fingerprint density at radius 2 is 2.04 bits per heavy atom. The van der Waals surface area contributed by atoms with Gasteiger partial charge in [0.15, 0.2) is 12.4 Å². The number of carbonyl (C=O) groups excluding carboxylic acids is 2. The first-order chi connectivity index (χ1) is 12.9. The second-order valence-corrected chi connectivity index (χ2v) is 8.01. The summed E-state index contributed by atoms with van der Waals surface area (Å²) in [6, 6.07) is 6.27. The number of hydrogen-bond acceptors (Lipinski definition) is 5. The van der Waals surface area contributed by atoms with E-state index in [0.717, 1.165) is 17.7 Å². The highest BCUT2D eigenvalue weighted by Crippen LogP contribution is 2.29. The van der Waals surface area contributed by atoms with Crippen LogP contribution in [0.3, 0.4) is 0 Å². The molecule has 1 aliphatic carbocycles. The predicted octanol–water partition coefficient (Wildman–Crippen LogP) is 4.46. The lowest BCUT2D eigenvalue weighted by atomic mass is 10.1. The van der Waals surface area contributed by atoms with Crippen molar-refractivity contribution in [2.24, 2.45) is 0 Å². The number of nitrogens with zero attached hydrogens (tertiary/aromatic N) is 1. The van der Waals surface area contributed by atoms with Gasteiger partial charge < -0.3 is 10.1 Å². The number of benzene rings is 1. The number of ether oxygens (including phenoxy) is 1. The minimum absolute atomic E-state index is 0.144. The molecule has 0 unspecified atom stereocenters. The van der Waals surface area contributed by atoms with Crippen molar-refractivity contribution in [2.75, 3.05) is 17.7 Å². The molecular formula is C19H18Cl2N2O3S. The van der Waals surface area contributed by atoms with Gasteiger partial charge in [0.05, 0.1) is 15.8 Å². The molecule has 1 aromatic heterocycles. The predicted molar refractivity (Wildman–Crippen MR) is 108 cm³/mol. The summed E-state index contributed by atoms with van der Waals surface area (Å²) >= 11 is 13.4. The fraction of sp³-hybridized carbons (Fsp3) is 0.316. The fourth-order valence-electron chi connectivity index (χ4n) is 2.78. The maximum Gasteiger partial charge on any atom is 0.316 e. The van der Waals surface area contributed by atoms with Crippen LogP contribution in [0.2, 0.25) is 10.0 Å². The third-order valence-corrected chi connectivity index (χ3v) is 6.06. The number of hydrogen-bond donors (Lipinski definition) is 1. The number of esters is 1. The van der Waals surface area contributed by atoms with Crippen LogP contribution in [0, 0.1) is 6.92 Å². The molecule has 0 saturated carbocycles. The molecule has 0 fully saturated rings. The standard InChI is InChI=1S/C19H18Cl2N2O3S/c1-11-15(20)8-22-19(18(11)21)23-16(24)9-26-17(25)10-27-14-6-5-12-3-2-4-13(12)7-14/h5-8H,2-4,9-10H2,1H3,(H,22,23,24). The van der Waals surface area contributed by atoms with Gasteiger partial charge in [0.25, 0.3) is 5.91 Å². The summed E-state index contributed by atoms with van der Waals surface area (Å²) in [7, 11) is 0. The largest absolute Gasteiger partial charge is 0.455 e. The van der Waals surface area contributed by atoms with Crippen molar-refractivity contribution in [3.63, 3.8) is 0 Å². The first-order valence-corrected chi connectivity index (χ1v) is 10.2. The second-order valence-electron chi connectivity index (χ2n) is 6.18. The molecule has 1 amide bonds. The zero-order valence-corrected chi connectivity index (χ0v) is 17.0. The van der Waals surface area contributed by atoms with Crippen LogP contribution in [0.1, 0.15) is 23.1 Å². The third-order valence-electron chi connectivity index (χ3n) is 4.25. The van der Waals surface area contributed by atoms with Crippen molar-refractivity contribution in [2.45, 2.75) is 31.1 Å². The number of amides is 1. The van der Waals surface area contributed by atoms with Crippen LogP contribution in [0.5, 0.6) is 0 Å². The van der Waals surface area contributed by atoms with Gasteiger partial charge in [-0.15, -0.1) is 11.8 Å². The number of anilines is 1. The monoisotopic (exact) mass is 424 g/mol. The number of nitrogens with one attached hydrogen (secondary N) is 1. The number of fused-ring (bicyclic) bond motifs is 1. The maximum absolute atomic E-state index is 11.9. The van der Waals surface area contributed by atoms with Crippen LogP contribution in [-0.2, 0) is 27.2 Å². The minimum Gasteiger partial charge on any atom is -0.455 e. The Kier molecular flexibility index (Phi) is 6.63. The highest BCUT2D eigenvalue weighted by atomic mass is 35.5. The molecule has 1 N–H and O–H groups in total. The van der Waals surface area contributed by atoms with Gasteiger partial charge in [-0.05, 0) is 55.0 Å². The lowest BCUT2D eigenvalue weighted by Gasteiger charge is -2.09. The summed E-state index contributed by atoms with van der Waals surface area (Å²) in [4.78, 5) is 28.8. The summed E-state index contributed by atoms with van der Waals surface area (Å²) in [6.45, 7) is 1.32. The zero-order valence-electron chi connectivity index (χ0n) is 14.7. The van der Waals surface area contributed by atoms with Crippen LogP contribution < -0.4 is 5.32 Å².